The Morgan fingerprint density at radius 2 is 1.88 bits per heavy atom. The number of nitrogens with zero attached hydrogens (tertiary/aromatic N) is 6. The lowest BCUT2D eigenvalue weighted by Gasteiger charge is -2.08. The second-order valence-corrected chi connectivity index (χ2v) is 8.21. The fourth-order valence-electron chi connectivity index (χ4n) is 3.62. The number of aryl methyl sites for hydroxylation is 1. The highest BCUT2D eigenvalue weighted by atomic mass is 16.4. The van der Waals surface area contributed by atoms with Crippen LogP contribution in [0.1, 0.15) is 35.7 Å². The summed E-state index contributed by atoms with van der Waals surface area (Å²) in [5.74, 6) is -0.179. The molecule has 9 nitrogen and oxygen atoms in total. The van der Waals surface area contributed by atoms with Crippen LogP contribution in [0.5, 0.6) is 0 Å². The van der Waals surface area contributed by atoms with Crippen LogP contribution >= 0.6 is 0 Å². The van der Waals surface area contributed by atoms with Crippen molar-refractivity contribution in [2.75, 3.05) is 11.9 Å². The molecule has 2 N–H and O–H groups in total. The number of aliphatic carboxylic acids is 1. The highest BCUT2D eigenvalue weighted by Crippen LogP contribution is 2.38. The molecule has 1 aliphatic carbocycles. The molecule has 1 fully saturated rings. The molecule has 1 saturated carbocycles. The van der Waals surface area contributed by atoms with E-state index in [0.717, 1.165) is 22.5 Å². The zero-order chi connectivity index (χ0) is 22.8. The Morgan fingerprint density at radius 3 is 2.67 bits per heavy atom. The minimum absolute atomic E-state index is 0.222. The third kappa shape index (κ3) is 5.03. The van der Waals surface area contributed by atoms with Gasteiger partial charge in [0.05, 0.1) is 29.8 Å². The van der Waals surface area contributed by atoms with Crippen molar-refractivity contribution in [3.05, 3.63) is 71.7 Å². The summed E-state index contributed by atoms with van der Waals surface area (Å²) in [6.45, 7) is 2.23. The summed E-state index contributed by atoms with van der Waals surface area (Å²) in [7, 11) is 0. The van der Waals surface area contributed by atoms with E-state index in [-0.39, 0.29) is 12.5 Å². The number of carbonyl (C=O) groups is 1. The number of hydrogen-bond acceptors (Lipinski definition) is 7. The van der Waals surface area contributed by atoms with Crippen LogP contribution in [0.2, 0.25) is 0 Å². The first-order valence-corrected chi connectivity index (χ1v) is 10.8. The molecule has 0 bridgehead atoms. The normalized spacial score (nSPS) is 13.1. The minimum atomic E-state index is -0.993. The van der Waals surface area contributed by atoms with Crippen molar-refractivity contribution in [3.8, 4) is 22.6 Å². The van der Waals surface area contributed by atoms with Crippen molar-refractivity contribution < 1.29 is 9.90 Å². The minimum Gasteiger partial charge on any atom is -0.480 e. The summed E-state index contributed by atoms with van der Waals surface area (Å²) in [4.78, 5) is 24.7. The van der Waals surface area contributed by atoms with E-state index >= 15 is 0 Å². The van der Waals surface area contributed by atoms with Crippen molar-refractivity contribution >= 4 is 11.9 Å². The van der Waals surface area contributed by atoms with E-state index in [0.29, 0.717) is 29.5 Å². The molecule has 0 spiro atoms. The van der Waals surface area contributed by atoms with Gasteiger partial charge in [0, 0.05) is 17.2 Å². The fraction of sp³-hybridized carbons (Fsp3) is 0.250. The van der Waals surface area contributed by atoms with Gasteiger partial charge in [0.1, 0.15) is 12.2 Å². The zero-order valence-electron chi connectivity index (χ0n) is 18.1. The van der Waals surface area contributed by atoms with Crippen LogP contribution in [0, 0.1) is 6.92 Å². The monoisotopic (exact) mass is 441 g/mol. The van der Waals surface area contributed by atoms with E-state index < -0.39 is 5.97 Å². The molecule has 166 valence electrons. The number of benzene rings is 1. The van der Waals surface area contributed by atoms with Gasteiger partial charge in [-0.3, -0.25) is 9.78 Å². The summed E-state index contributed by atoms with van der Waals surface area (Å²) < 4.78 is 1.73. The molecule has 33 heavy (non-hydrogen) atoms. The van der Waals surface area contributed by atoms with Crippen LogP contribution < -0.4 is 5.32 Å². The van der Waals surface area contributed by atoms with Gasteiger partial charge in [0.2, 0.25) is 5.95 Å². The van der Waals surface area contributed by atoms with Gasteiger partial charge in [0.25, 0.3) is 0 Å². The van der Waals surface area contributed by atoms with E-state index in [1.165, 1.54) is 12.8 Å². The van der Waals surface area contributed by atoms with Crippen LogP contribution in [0.3, 0.4) is 0 Å². The van der Waals surface area contributed by atoms with E-state index in [1.54, 1.807) is 4.68 Å². The second-order valence-electron chi connectivity index (χ2n) is 8.21. The Hall–Kier alpha value is -4.14. The van der Waals surface area contributed by atoms with Crippen molar-refractivity contribution in [2.24, 2.45) is 0 Å². The number of anilines is 1. The Morgan fingerprint density at radius 1 is 1.06 bits per heavy atom. The number of carboxylic acids is 1. The highest BCUT2D eigenvalue weighted by Gasteiger charge is 2.24. The molecule has 3 heterocycles. The van der Waals surface area contributed by atoms with Gasteiger partial charge in [-0.05, 0) is 44.0 Å². The molecule has 5 rings (SSSR count). The van der Waals surface area contributed by atoms with Gasteiger partial charge >= 0.3 is 5.97 Å². The van der Waals surface area contributed by atoms with E-state index in [2.05, 4.69) is 31.7 Å². The van der Waals surface area contributed by atoms with Crippen molar-refractivity contribution in [1.29, 1.82) is 0 Å². The largest absolute Gasteiger partial charge is 0.480 e. The summed E-state index contributed by atoms with van der Waals surface area (Å²) >= 11 is 0. The van der Waals surface area contributed by atoms with Gasteiger partial charge < -0.3 is 10.4 Å². The molecule has 3 aromatic heterocycles. The van der Waals surface area contributed by atoms with Crippen LogP contribution in [0.15, 0.2) is 54.7 Å². The third-order valence-corrected chi connectivity index (χ3v) is 5.39. The van der Waals surface area contributed by atoms with Gasteiger partial charge in [-0.25, -0.2) is 14.6 Å². The summed E-state index contributed by atoms with van der Waals surface area (Å²) in [6.07, 6.45) is 4.23. The number of nitrogens with one attached hydrogen (secondary N) is 1. The number of aromatic nitrogens is 6. The quantitative estimate of drug-likeness (QED) is 0.426. The average Bonchev–Trinajstić information content (AvgIpc) is 3.57. The van der Waals surface area contributed by atoms with Gasteiger partial charge in [0.15, 0.2) is 0 Å². The Balaban J connectivity index is 1.44. The Kier molecular flexibility index (Phi) is 5.52. The van der Waals surface area contributed by atoms with Gasteiger partial charge in [-0.2, -0.15) is 0 Å². The molecule has 0 aliphatic heterocycles. The van der Waals surface area contributed by atoms with Crippen LogP contribution in [-0.4, -0.2) is 47.6 Å². The lowest BCUT2D eigenvalue weighted by molar-refractivity contribution is -0.134. The summed E-state index contributed by atoms with van der Waals surface area (Å²) in [6, 6.07) is 15.9. The zero-order valence-corrected chi connectivity index (χ0v) is 18.1. The molecule has 9 heteroatoms. The van der Waals surface area contributed by atoms with E-state index in [9.17, 15) is 4.79 Å². The number of pyridine rings is 1. The average molecular weight is 441 g/mol. The maximum absolute atomic E-state index is 11.0. The molecule has 1 aromatic carbocycles. The maximum atomic E-state index is 11.0. The molecule has 0 atom stereocenters. The molecule has 0 amide bonds. The highest BCUT2D eigenvalue weighted by molar-refractivity contribution is 5.73. The first-order chi connectivity index (χ1) is 16.0. The van der Waals surface area contributed by atoms with Gasteiger partial charge in [-0.15, -0.1) is 5.10 Å². The summed E-state index contributed by atoms with van der Waals surface area (Å²) in [5, 5.41) is 20.3. The molecule has 1 aliphatic rings. The Bertz CT molecular complexity index is 1310. The standard InChI is InChI=1S/C24H23N7O2/c1-15-4-2-5-17(10-15)20-11-21(28-24(27-20)25-12-23(32)33)22-14-31(30-29-22)13-18-6-3-7-19(26-18)16-8-9-16/h2-7,10-11,14,16H,8-9,12-13H2,1H3,(H,32,33)(H,25,27,28). The van der Waals surface area contributed by atoms with E-state index in [1.807, 2.05) is 55.6 Å². The van der Waals surface area contributed by atoms with Crippen LogP contribution in [0.4, 0.5) is 5.95 Å². The number of hydrogen-bond donors (Lipinski definition) is 2. The number of rotatable bonds is 8. The van der Waals surface area contributed by atoms with Crippen LogP contribution in [0.25, 0.3) is 22.6 Å². The molecule has 0 saturated heterocycles. The lowest BCUT2D eigenvalue weighted by Crippen LogP contribution is -2.14. The lowest BCUT2D eigenvalue weighted by atomic mass is 10.1. The van der Waals surface area contributed by atoms with Gasteiger partial charge in [-0.1, -0.05) is 35.0 Å². The molecule has 0 radical (unpaired) electrons. The SMILES string of the molecule is Cc1cccc(-c2cc(-c3cn(Cc4cccc(C5CC5)n4)nn3)nc(NCC(=O)O)n2)c1. The second kappa shape index (κ2) is 8.78. The molecular weight excluding hydrogens is 418 g/mol. The fourth-order valence-corrected chi connectivity index (χ4v) is 3.62. The van der Waals surface area contributed by atoms with Crippen molar-refractivity contribution in [2.45, 2.75) is 32.2 Å². The summed E-state index contributed by atoms with van der Waals surface area (Å²) in [5.41, 5.74) is 5.88. The smallest absolute Gasteiger partial charge is 0.322 e. The molecular formula is C24H23N7O2. The molecule has 0 unspecified atom stereocenters. The van der Waals surface area contributed by atoms with Crippen molar-refractivity contribution in [1.82, 2.24) is 29.9 Å². The van der Waals surface area contributed by atoms with Crippen LogP contribution in [-0.2, 0) is 11.3 Å². The topological polar surface area (TPSA) is 119 Å². The predicted molar refractivity (Wildman–Crippen MR) is 123 cm³/mol. The molecule has 4 aromatic rings. The predicted octanol–water partition coefficient (Wildman–Crippen LogP) is 3.53. The van der Waals surface area contributed by atoms with E-state index in [4.69, 9.17) is 10.1 Å². The Labute approximate surface area is 190 Å². The third-order valence-electron chi connectivity index (χ3n) is 5.39. The number of carboxylic acid groups (broad SMARTS) is 1. The first kappa shape index (κ1) is 20.7. The van der Waals surface area contributed by atoms with Crippen molar-refractivity contribution in [3.63, 3.8) is 0 Å². The maximum Gasteiger partial charge on any atom is 0.322 e. The first-order valence-electron chi connectivity index (χ1n) is 10.8.